The van der Waals surface area contributed by atoms with Crippen LogP contribution in [0.3, 0.4) is 0 Å². The van der Waals surface area contributed by atoms with Crippen LogP contribution >= 0.6 is 0 Å². The molecule has 0 saturated heterocycles. The lowest BCUT2D eigenvalue weighted by molar-refractivity contribution is 0.152. The second-order valence-corrected chi connectivity index (χ2v) is 7.41. The van der Waals surface area contributed by atoms with Crippen LogP contribution in [0.25, 0.3) is 22.2 Å². The van der Waals surface area contributed by atoms with Gasteiger partial charge in [-0.2, -0.15) is 0 Å². The molecule has 2 aromatic carbocycles. The average molecular weight is 413 g/mol. The first-order valence-corrected chi connectivity index (χ1v) is 10.1. The summed E-state index contributed by atoms with van der Waals surface area (Å²) in [5.74, 6) is 1.23. The summed E-state index contributed by atoms with van der Waals surface area (Å²) in [6.45, 7) is 6.70. The molecule has 0 radical (unpaired) electrons. The minimum atomic E-state index is -0.711. The molecule has 0 fully saturated rings. The zero-order chi connectivity index (χ0) is 21.7. The SMILES string of the molecule is CCOc1ccc2c(N)c(-c3ccc(NC(=O)OCCF)cc3)n(CC(C)C)c2c1. The molecule has 0 aliphatic carbocycles. The number of ether oxygens (including phenoxy) is 2. The summed E-state index contributed by atoms with van der Waals surface area (Å²) in [4.78, 5) is 11.6. The van der Waals surface area contributed by atoms with Gasteiger partial charge >= 0.3 is 6.09 Å². The number of alkyl halides is 1. The maximum absolute atomic E-state index is 12.1. The Morgan fingerprint density at radius 3 is 2.57 bits per heavy atom. The van der Waals surface area contributed by atoms with Crippen molar-refractivity contribution in [3.63, 3.8) is 0 Å². The summed E-state index contributed by atoms with van der Waals surface area (Å²) in [6, 6.07) is 13.3. The number of carbonyl (C=O) groups is 1. The summed E-state index contributed by atoms with van der Waals surface area (Å²) >= 11 is 0. The summed E-state index contributed by atoms with van der Waals surface area (Å²) < 4.78 is 24.7. The van der Waals surface area contributed by atoms with Crippen molar-refractivity contribution in [1.29, 1.82) is 0 Å². The van der Waals surface area contributed by atoms with Gasteiger partial charge in [0.15, 0.2) is 0 Å². The molecule has 0 bridgehead atoms. The maximum atomic E-state index is 12.1. The van der Waals surface area contributed by atoms with Gasteiger partial charge in [-0.25, -0.2) is 9.18 Å². The van der Waals surface area contributed by atoms with E-state index >= 15 is 0 Å². The number of halogens is 1. The third-order valence-corrected chi connectivity index (χ3v) is 4.65. The molecule has 0 saturated carbocycles. The number of carbonyl (C=O) groups excluding carboxylic acids is 1. The molecule has 1 amide bonds. The first kappa shape index (κ1) is 21.5. The highest BCUT2D eigenvalue weighted by Gasteiger charge is 2.18. The van der Waals surface area contributed by atoms with E-state index in [1.54, 1.807) is 12.1 Å². The third kappa shape index (κ3) is 4.67. The van der Waals surface area contributed by atoms with E-state index in [9.17, 15) is 9.18 Å². The van der Waals surface area contributed by atoms with E-state index < -0.39 is 12.8 Å². The number of aromatic nitrogens is 1. The highest BCUT2D eigenvalue weighted by molar-refractivity contribution is 6.01. The Bertz CT molecular complexity index is 1010. The molecule has 0 aliphatic rings. The standard InChI is InChI=1S/C23H28FN3O3/c1-4-29-18-9-10-19-20(13-18)27(14-15(2)3)22(21(19)25)16-5-7-17(8-6-16)26-23(28)30-12-11-24/h5-10,13,15H,4,11-12,14,25H2,1-3H3,(H,26,28). The van der Waals surface area contributed by atoms with Gasteiger partial charge in [0.1, 0.15) is 19.0 Å². The normalized spacial score (nSPS) is 11.1. The quantitative estimate of drug-likeness (QED) is 0.514. The van der Waals surface area contributed by atoms with Crippen LogP contribution in [0.2, 0.25) is 0 Å². The van der Waals surface area contributed by atoms with Crippen LogP contribution in [0.1, 0.15) is 20.8 Å². The van der Waals surface area contributed by atoms with Crippen LogP contribution in [-0.2, 0) is 11.3 Å². The average Bonchev–Trinajstić information content (AvgIpc) is 2.98. The first-order valence-electron chi connectivity index (χ1n) is 10.1. The zero-order valence-electron chi connectivity index (χ0n) is 17.6. The van der Waals surface area contributed by atoms with E-state index in [1.165, 1.54) is 0 Å². The Hall–Kier alpha value is -3.22. The van der Waals surface area contributed by atoms with Gasteiger partial charge in [0.25, 0.3) is 0 Å². The van der Waals surface area contributed by atoms with E-state index in [2.05, 4.69) is 23.7 Å². The largest absolute Gasteiger partial charge is 0.494 e. The molecule has 0 unspecified atom stereocenters. The Morgan fingerprint density at radius 1 is 1.20 bits per heavy atom. The van der Waals surface area contributed by atoms with Crippen molar-refractivity contribution in [3.8, 4) is 17.0 Å². The third-order valence-electron chi connectivity index (χ3n) is 4.65. The summed E-state index contributed by atoms with van der Waals surface area (Å²) in [6.07, 6.45) is -0.683. The monoisotopic (exact) mass is 413 g/mol. The fourth-order valence-electron chi connectivity index (χ4n) is 3.48. The van der Waals surface area contributed by atoms with E-state index in [0.717, 1.165) is 34.5 Å². The van der Waals surface area contributed by atoms with Crippen molar-refractivity contribution in [3.05, 3.63) is 42.5 Å². The predicted molar refractivity (Wildman–Crippen MR) is 119 cm³/mol. The second-order valence-electron chi connectivity index (χ2n) is 7.41. The number of rotatable bonds is 8. The Labute approximate surface area is 175 Å². The molecule has 30 heavy (non-hydrogen) atoms. The Morgan fingerprint density at radius 2 is 1.93 bits per heavy atom. The second kappa shape index (κ2) is 9.52. The van der Waals surface area contributed by atoms with Gasteiger partial charge in [-0.05, 0) is 37.1 Å². The molecule has 6 nitrogen and oxygen atoms in total. The van der Waals surface area contributed by atoms with Crippen LogP contribution in [0.5, 0.6) is 5.75 Å². The molecule has 3 rings (SSSR count). The number of fused-ring (bicyclic) bond motifs is 1. The van der Waals surface area contributed by atoms with Crippen molar-refractivity contribution in [1.82, 2.24) is 4.57 Å². The zero-order valence-corrected chi connectivity index (χ0v) is 17.6. The molecule has 0 atom stereocenters. The topological polar surface area (TPSA) is 78.5 Å². The van der Waals surface area contributed by atoms with Crippen molar-refractivity contribution in [2.45, 2.75) is 27.3 Å². The summed E-state index contributed by atoms with van der Waals surface area (Å²) in [5, 5.41) is 3.56. The lowest BCUT2D eigenvalue weighted by Crippen LogP contribution is -2.14. The van der Waals surface area contributed by atoms with E-state index in [-0.39, 0.29) is 6.61 Å². The molecular weight excluding hydrogens is 385 g/mol. The number of nitrogens with zero attached hydrogens (tertiary/aromatic N) is 1. The molecule has 1 heterocycles. The molecule has 1 aromatic heterocycles. The lowest BCUT2D eigenvalue weighted by Gasteiger charge is -2.15. The van der Waals surface area contributed by atoms with Crippen LogP contribution in [0.4, 0.5) is 20.6 Å². The number of nitrogen functional groups attached to an aromatic ring is 1. The Kier molecular flexibility index (Phi) is 6.82. The van der Waals surface area contributed by atoms with Crippen molar-refractivity contribution >= 4 is 28.4 Å². The van der Waals surface area contributed by atoms with Gasteiger partial charge in [-0.15, -0.1) is 0 Å². The fourth-order valence-corrected chi connectivity index (χ4v) is 3.48. The summed E-state index contributed by atoms with van der Waals surface area (Å²) in [5.41, 5.74) is 10.7. The van der Waals surface area contributed by atoms with Crippen LogP contribution < -0.4 is 15.8 Å². The minimum absolute atomic E-state index is 0.264. The smallest absolute Gasteiger partial charge is 0.411 e. The van der Waals surface area contributed by atoms with E-state index in [1.807, 2.05) is 37.3 Å². The van der Waals surface area contributed by atoms with Crippen molar-refractivity contribution in [2.75, 3.05) is 30.9 Å². The Balaban J connectivity index is 1.99. The number of amides is 1. The van der Waals surface area contributed by atoms with Crippen LogP contribution in [0.15, 0.2) is 42.5 Å². The number of hydrogen-bond donors (Lipinski definition) is 2. The van der Waals surface area contributed by atoms with Gasteiger partial charge < -0.3 is 19.8 Å². The minimum Gasteiger partial charge on any atom is -0.494 e. The van der Waals surface area contributed by atoms with Gasteiger partial charge in [-0.1, -0.05) is 26.0 Å². The highest BCUT2D eigenvalue weighted by Crippen LogP contribution is 2.38. The number of nitrogens with one attached hydrogen (secondary N) is 1. The van der Waals surface area contributed by atoms with E-state index in [4.69, 9.17) is 15.2 Å². The molecule has 160 valence electrons. The van der Waals surface area contributed by atoms with Crippen molar-refractivity contribution in [2.24, 2.45) is 5.92 Å². The molecule has 7 heteroatoms. The number of hydrogen-bond acceptors (Lipinski definition) is 4. The molecular formula is C23H28FN3O3. The number of benzene rings is 2. The lowest BCUT2D eigenvalue weighted by atomic mass is 10.1. The predicted octanol–water partition coefficient (Wildman–Crippen LogP) is 5.46. The molecule has 3 aromatic rings. The van der Waals surface area contributed by atoms with Gasteiger partial charge in [0.2, 0.25) is 0 Å². The molecule has 0 spiro atoms. The van der Waals surface area contributed by atoms with Gasteiger partial charge in [0.05, 0.1) is 23.5 Å². The van der Waals surface area contributed by atoms with Crippen molar-refractivity contribution < 1.29 is 18.7 Å². The van der Waals surface area contributed by atoms with Crippen LogP contribution in [0, 0.1) is 5.92 Å². The van der Waals surface area contributed by atoms with Gasteiger partial charge in [0, 0.05) is 29.2 Å². The fraction of sp³-hybridized carbons (Fsp3) is 0.348. The van der Waals surface area contributed by atoms with Gasteiger partial charge in [-0.3, -0.25) is 5.32 Å². The van der Waals surface area contributed by atoms with E-state index in [0.29, 0.717) is 23.9 Å². The molecule has 0 aliphatic heterocycles. The highest BCUT2D eigenvalue weighted by atomic mass is 19.1. The first-order chi connectivity index (χ1) is 14.4. The number of anilines is 2. The maximum Gasteiger partial charge on any atom is 0.411 e. The summed E-state index contributed by atoms with van der Waals surface area (Å²) in [7, 11) is 0. The number of nitrogens with two attached hydrogens (primary N) is 1. The molecule has 3 N–H and O–H groups in total. The van der Waals surface area contributed by atoms with Crippen LogP contribution in [-0.4, -0.2) is 30.5 Å².